The average molecular weight is 293 g/mol. The van der Waals surface area contributed by atoms with E-state index < -0.39 is 0 Å². The van der Waals surface area contributed by atoms with Crippen molar-refractivity contribution in [2.45, 2.75) is 19.6 Å². The van der Waals surface area contributed by atoms with Crippen LogP contribution in [0.3, 0.4) is 0 Å². The molecule has 2 rings (SSSR count). The highest BCUT2D eigenvalue weighted by Crippen LogP contribution is 2.20. The van der Waals surface area contributed by atoms with Crippen molar-refractivity contribution >= 4 is 24.8 Å². The SMILES string of the molecule is C[C@H](c1ccc(CO)cc1)N1CCNCC1.Cl.Cl. The van der Waals surface area contributed by atoms with Crippen LogP contribution in [0.5, 0.6) is 0 Å². The summed E-state index contributed by atoms with van der Waals surface area (Å²) in [6, 6.07) is 8.73. The Kier molecular flexibility index (Phi) is 8.57. The lowest BCUT2D eigenvalue weighted by Gasteiger charge is -2.33. The molecule has 3 nitrogen and oxygen atoms in total. The zero-order chi connectivity index (χ0) is 11.4. The van der Waals surface area contributed by atoms with E-state index in [1.165, 1.54) is 5.56 Å². The van der Waals surface area contributed by atoms with Crippen LogP contribution in [0.25, 0.3) is 0 Å². The van der Waals surface area contributed by atoms with Gasteiger partial charge in [0, 0.05) is 32.2 Å². The van der Waals surface area contributed by atoms with Gasteiger partial charge in [0.15, 0.2) is 0 Å². The molecule has 0 unspecified atom stereocenters. The second kappa shape index (κ2) is 8.73. The third-order valence-corrected chi connectivity index (χ3v) is 3.34. The fourth-order valence-corrected chi connectivity index (χ4v) is 2.18. The summed E-state index contributed by atoms with van der Waals surface area (Å²) in [5, 5.41) is 12.4. The van der Waals surface area contributed by atoms with Gasteiger partial charge in [-0.25, -0.2) is 0 Å². The van der Waals surface area contributed by atoms with Gasteiger partial charge in [-0.3, -0.25) is 4.90 Å². The molecular formula is C13H22Cl2N2O. The quantitative estimate of drug-likeness (QED) is 0.894. The Balaban J connectivity index is 0.00000144. The Bertz CT molecular complexity index is 326. The molecular weight excluding hydrogens is 271 g/mol. The highest BCUT2D eigenvalue weighted by molar-refractivity contribution is 5.85. The number of piperazine rings is 1. The minimum atomic E-state index is 0. The molecule has 1 heterocycles. The predicted molar refractivity (Wildman–Crippen MR) is 79.7 cm³/mol. The number of hydrogen-bond donors (Lipinski definition) is 2. The van der Waals surface area contributed by atoms with Crippen LogP contribution < -0.4 is 5.32 Å². The number of aliphatic hydroxyl groups excluding tert-OH is 1. The first-order valence-corrected chi connectivity index (χ1v) is 5.95. The molecule has 0 radical (unpaired) electrons. The van der Waals surface area contributed by atoms with Crippen molar-refractivity contribution in [2.75, 3.05) is 26.2 Å². The molecule has 5 heteroatoms. The number of hydrogen-bond acceptors (Lipinski definition) is 3. The van der Waals surface area contributed by atoms with Crippen molar-refractivity contribution < 1.29 is 5.11 Å². The van der Waals surface area contributed by atoms with Crippen LogP contribution in [0.15, 0.2) is 24.3 Å². The van der Waals surface area contributed by atoms with Gasteiger partial charge < -0.3 is 10.4 Å². The summed E-state index contributed by atoms with van der Waals surface area (Å²) in [4.78, 5) is 2.49. The minimum absolute atomic E-state index is 0. The summed E-state index contributed by atoms with van der Waals surface area (Å²) in [5.41, 5.74) is 2.32. The molecule has 0 saturated carbocycles. The van der Waals surface area contributed by atoms with Crippen LogP contribution in [0.1, 0.15) is 24.1 Å². The Morgan fingerprint density at radius 3 is 2.22 bits per heavy atom. The zero-order valence-corrected chi connectivity index (χ0v) is 12.3. The lowest BCUT2D eigenvalue weighted by atomic mass is 10.0. The van der Waals surface area contributed by atoms with Crippen LogP contribution in [-0.2, 0) is 6.61 Å². The van der Waals surface area contributed by atoms with E-state index in [1.807, 2.05) is 12.1 Å². The molecule has 1 aliphatic rings. The summed E-state index contributed by atoms with van der Waals surface area (Å²) in [7, 11) is 0. The first-order chi connectivity index (χ1) is 7.81. The van der Waals surface area contributed by atoms with Crippen LogP contribution >= 0.6 is 24.8 Å². The largest absolute Gasteiger partial charge is 0.392 e. The van der Waals surface area contributed by atoms with Crippen LogP contribution in [-0.4, -0.2) is 36.2 Å². The maximum absolute atomic E-state index is 9.00. The highest BCUT2D eigenvalue weighted by Gasteiger charge is 2.17. The Morgan fingerprint density at radius 1 is 1.17 bits per heavy atom. The minimum Gasteiger partial charge on any atom is -0.392 e. The van der Waals surface area contributed by atoms with E-state index in [-0.39, 0.29) is 31.4 Å². The lowest BCUT2D eigenvalue weighted by Crippen LogP contribution is -2.44. The predicted octanol–water partition coefficient (Wildman–Crippen LogP) is 1.99. The van der Waals surface area contributed by atoms with Gasteiger partial charge in [-0.1, -0.05) is 24.3 Å². The summed E-state index contributed by atoms with van der Waals surface area (Å²) in [6.45, 7) is 6.77. The molecule has 0 amide bonds. The fourth-order valence-electron chi connectivity index (χ4n) is 2.18. The molecule has 0 aliphatic carbocycles. The summed E-state index contributed by atoms with van der Waals surface area (Å²) >= 11 is 0. The zero-order valence-electron chi connectivity index (χ0n) is 10.6. The van der Waals surface area contributed by atoms with E-state index in [0.717, 1.165) is 31.7 Å². The molecule has 0 bridgehead atoms. The van der Waals surface area contributed by atoms with Crippen molar-refractivity contribution in [1.29, 1.82) is 0 Å². The van der Waals surface area contributed by atoms with Crippen LogP contribution in [0.4, 0.5) is 0 Å². The van der Waals surface area contributed by atoms with Gasteiger partial charge in [0.25, 0.3) is 0 Å². The van der Waals surface area contributed by atoms with E-state index in [9.17, 15) is 0 Å². The maximum atomic E-state index is 9.00. The molecule has 2 N–H and O–H groups in total. The molecule has 0 aromatic heterocycles. The third-order valence-electron chi connectivity index (χ3n) is 3.34. The van der Waals surface area contributed by atoms with Crippen LogP contribution in [0, 0.1) is 0 Å². The number of nitrogens with one attached hydrogen (secondary N) is 1. The molecule has 104 valence electrons. The van der Waals surface area contributed by atoms with Gasteiger partial charge in [0.1, 0.15) is 0 Å². The molecule has 1 aromatic carbocycles. The van der Waals surface area contributed by atoms with Gasteiger partial charge in [-0.15, -0.1) is 24.8 Å². The molecule has 1 aliphatic heterocycles. The standard InChI is InChI=1S/C13H20N2O.2ClH/c1-11(15-8-6-14-7-9-15)13-4-2-12(10-16)3-5-13;;/h2-5,11,14,16H,6-10H2,1H3;2*1H/t11-;;/m1../s1. The maximum Gasteiger partial charge on any atom is 0.0681 e. The summed E-state index contributed by atoms with van der Waals surface area (Å²) in [6.07, 6.45) is 0. The fraction of sp³-hybridized carbons (Fsp3) is 0.538. The van der Waals surface area contributed by atoms with Crippen LogP contribution in [0.2, 0.25) is 0 Å². The van der Waals surface area contributed by atoms with E-state index in [1.54, 1.807) is 0 Å². The first-order valence-electron chi connectivity index (χ1n) is 5.95. The number of aliphatic hydroxyl groups is 1. The monoisotopic (exact) mass is 292 g/mol. The number of nitrogens with zero attached hydrogens (tertiary/aromatic N) is 1. The van der Waals surface area contributed by atoms with Gasteiger partial charge in [0.2, 0.25) is 0 Å². The van der Waals surface area contributed by atoms with Crippen molar-refractivity contribution in [2.24, 2.45) is 0 Å². The second-order valence-corrected chi connectivity index (χ2v) is 4.36. The van der Waals surface area contributed by atoms with E-state index in [0.29, 0.717) is 6.04 Å². The number of benzene rings is 1. The van der Waals surface area contributed by atoms with Crippen molar-refractivity contribution in [3.05, 3.63) is 35.4 Å². The van der Waals surface area contributed by atoms with Crippen molar-refractivity contribution in [1.82, 2.24) is 10.2 Å². The first kappa shape index (κ1) is 17.7. The smallest absolute Gasteiger partial charge is 0.0681 e. The summed E-state index contributed by atoms with van der Waals surface area (Å²) in [5.74, 6) is 0. The van der Waals surface area contributed by atoms with Gasteiger partial charge in [-0.05, 0) is 18.1 Å². The Hall–Kier alpha value is -0.320. The highest BCUT2D eigenvalue weighted by atomic mass is 35.5. The Morgan fingerprint density at radius 2 is 1.72 bits per heavy atom. The van der Waals surface area contributed by atoms with Gasteiger partial charge >= 0.3 is 0 Å². The average Bonchev–Trinajstić information content (AvgIpc) is 2.39. The number of halogens is 2. The third kappa shape index (κ3) is 4.41. The molecule has 1 saturated heterocycles. The lowest BCUT2D eigenvalue weighted by molar-refractivity contribution is 0.185. The van der Waals surface area contributed by atoms with E-state index in [2.05, 4.69) is 29.3 Å². The van der Waals surface area contributed by atoms with E-state index in [4.69, 9.17) is 5.11 Å². The number of rotatable bonds is 3. The summed E-state index contributed by atoms with van der Waals surface area (Å²) < 4.78 is 0. The Labute approximate surface area is 121 Å². The molecule has 1 fully saturated rings. The molecule has 1 atom stereocenters. The molecule has 1 aromatic rings. The van der Waals surface area contributed by atoms with Gasteiger partial charge in [0.05, 0.1) is 6.61 Å². The van der Waals surface area contributed by atoms with Crippen molar-refractivity contribution in [3.8, 4) is 0 Å². The topological polar surface area (TPSA) is 35.5 Å². The van der Waals surface area contributed by atoms with Gasteiger partial charge in [-0.2, -0.15) is 0 Å². The molecule has 18 heavy (non-hydrogen) atoms. The second-order valence-electron chi connectivity index (χ2n) is 4.36. The normalized spacial score (nSPS) is 17.4. The van der Waals surface area contributed by atoms with E-state index >= 15 is 0 Å². The van der Waals surface area contributed by atoms with Crippen molar-refractivity contribution in [3.63, 3.8) is 0 Å². The molecule has 0 spiro atoms.